The van der Waals surface area contributed by atoms with E-state index in [1.54, 1.807) is 12.1 Å². The van der Waals surface area contributed by atoms with Crippen LogP contribution in [0.15, 0.2) is 65.8 Å². The van der Waals surface area contributed by atoms with Crippen LogP contribution in [-0.4, -0.2) is 11.6 Å². The molecule has 0 saturated heterocycles. The highest BCUT2D eigenvalue weighted by Gasteiger charge is 2.04. The van der Waals surface area contributed by atoms with Crippen LogP contribution in [0.25, 0.3) is 0 Å². The molecule has 2 aromatic carbocycles. The second-order valence-electron chi connectivity index (χ2n) is 4.50. The van der Waals surface area contributed by atoms with Gasteiger partial charge in [0, 0.05) is 17.7 Å². The molecular weight excluding hydrogens is 248 g/mol. The summed E-state index contributed by atoms with van der Waals surface area (Å²) in [5.74, 6) is -0.176. The van der Waals surface area contributed by atoms with Crippen LogP contribution in [0.3, 0.4) is 0 Å². The molecule has 3 heteroatoms. The minimum atomic E-state index is -0.176. The molecule has 0 heterocycles. The first kappa shape index (κ1) is 14.0. The molecule has 3 nitrogen and oxygen atoms in total. The van der Waals surface area contributed by atoms with Gasteiger partial charge in [-0.05, 0) is 24.1 Å². The van der Waals surface area contributed by atoms with Gasteiger partial charge in [0.05, 0.1) is 0 Å². The van der Waals surface area contributed by atoms with Gasteiger partial charge in [-0.3, -0.25) is 4.79 Å². The largest absolute Gasteiger partial charge is 0.271 e. The molecule has 0 spiro atoms. The van der Waals surface area contributed by atoms with E-state index in [9.17, 15) is 4.79 Å². The predicted octanol–water partition coefficient (Wildman–Crippen LogP) is 3.43. The summed E-state index contributed by atoms with van der Waals surface area (Å²) >= 11 is 0. The van der Waals surface area contributed by atoms with Gasteiger partial charge in [0.1, 0.15) is 0 Å². The molecule has 0 unspecified atom stereocenters. The standard InChI is InChI=1S/C17H18N2O/c1-2-16(13-14-9-5-3-6-10-14)18-19-17(20)15-11-7-4-8-12-15/h3-12H,2,13H2,1H3,(H,19,20)/b18-16+. The molecule has 1 amide bonds. The number of hydrogen-bond donors (Lipinski definition) is 1. The van der Waals surface area contributed by atoms with E-state index in [1.165, 1.54) is 5.56 Å². The van der Waals surface area contributed by atoms with Crippen molar-refractivity contribution in [2.45, 2.75) is 19.8 Å². The van der Waals surface area contributed by atoms with Gasteiger partial charge >= 0.3 is 0 Å². The molecule has 1 N–H and O–H groups in total. The number of amides is 1. The third kappa shape index (κ3) is 4.05. The van der Waals surface area contributed by atoms with Gasteiger partial charge in [-0.25, -0.2) is 5.43 Å². The molecule has 0 radical (unpaired) electrons. The minimum absolute atomic E-state index is 0.176. The lowest BCUT2D eigenvalue weighted by molar-refractivity contribution is 0.0954. The van der Waals surface area contributed by atoms with E-state index in [2.05, 4.69) is 22.7 Å². The Kier molecular flexibility index (Phi) is 5.07. The number of carbonyl (C=O) groups is 1. The Morgan fingerprint density at radius 3 is 2.20 bits per heavy atom. The Bertz CT molecular complexity index is 576. The van der Waals surface area contributed by atoms with Crippen molar-refractivity contribution in [3.05, 3.63) is 71.8 Å². The third-order valence-electron chi connectivity index (χ3n) is 3.01. The lowest BCUT2D eigenvalue weighted by Crippen LogP contribution is -2.20. The van der Waals surface area contributed by atoms with Crippen molar-refractivity contribution in [1.29, 1.82) is 0 Å². The SMILES string of the molecule is CC/C(Cc1ccccc1)=N\NC(=O)c1ccccc1. The second kappa shape index (κ2) is 7.24. The fourth-order valence-corrected chi connectivity index (χ4v) is 1.86. The molecule has 2 aromatic rings. The van der Waals surface area contributed by atoms with Crippen LogP contribution < -0.4 is 5.43 Å². The number of benzene rings is 2. The van der Waals surface area contributed by atoms with E-state index >= 15 is 0 Å². The molecule has 0 aliphatic rings. The Hall–Kier alpha value is -2.42. The smallest absolute Gasteiger partial charge is 0.267 e. The first-order chi connectivity index (χ1) is 9.79. The number of hydrazone groups is 1. The topological polar surface area (TPSA) is 41.5 Å². The Labute approximate surface area is 119 Å². The fraction of sp³-hybridized carbons (Fsp3) is 0.176. The van der Waals surface area contributed by atoms with Crippen molar-refractivity contribution in [3.8, 4) is 0 Å². The van der Waals surface area contributed by atoms with Gasteiger partial charge in [-0.15, -0.1) is 0 Å². The van der Waals surface area contributed by atoms with E-state index in [1.807, 2.05) is 43.3 Å². The molecule has 0 fully saturated rings. The van der Waals surface area contributed by atoms with Crippen LogP contribution in [-0.2, 0) is 6.42 Å². The van der Waals surface area contributed by atoms with Crippen LogP contribution in [0.2, 0.25) is 0 Å². The average Bonchev–Trinajstić information content (AvgIpc) is 2.53. The van der Waals surface area contributed by atoms with Crippen LogP contribution in [0, 0.1) is 0 Å². The molecular formula is C17H18N2O. The summed E-state index contributed by atoms with van der Waals surface area (Å²) in [5.41, 5.74) is 5.39. The van der Waals surface area contributed by atoms with Gasteiger partial charge in [-0.1, -0.05) is 55.5 Å². The number of nitrogens with zero attached hydrogens (tertiary/aromatic N) is 1. The van der Waals surface area contributed by atoms with E-state index in [4.69, 9.17) is 0 Å². The zero-order valence-corrected chi connectivity index (χ0v) is 11.5. The van der Waals surface area contributed by atoms with Gasteiger partial charge in [0.25, 0.3) is 5.91 Å². The highest BCUT2D eigenvalue weighted by molar-refractivity contribution is 5.95. The summed E-state index contributed by atoms with van der Waals surface area (Å²) in [5, 5.41) is 4.23. The molecule has 0 atom stereocenters. The Morgan fingerprint density at radius 2 is 1.60 bits per heavy atom. The molecule has 102 valence electrons. The summed E-state index contributed by atoms with van der Waals surface area (Å²) in [4.78, 5) is 11.9. The molecule has 0 bridgehead atoms. The van der Waals surface area contributed by atoms with Crippen LogP contribution in [0.5, 0.6) is 0 Å². The minimum Gasteiger partial charge on any atom is -0.267 e. The van der Waals surface area contributed by atoms with Crippen LogP contribution in [0.1, 0.15) is 29.3 Å². The van der Waals surface area contributed by atoms with Crippen LogP contribution >= 0.6 is 0 Å². The first-order valence-electron chi connectivity index (χ1n) is 6.74. The van der Waals surface area contributed by atoms with Crippen molar-refractivity contribution >= 4 is 11.6 Å². The highest BCUT2D eigenvalue weighted by Crippen LogP contribution is 2.03. The number of hydrogen-bond acceptors (Lipinski definition) is 2. The van der Waals surface area contributed by atoms with Crippen molar-refractivity contribution in [3.63, 3.8) is 0 Å². The summed E-state index contributed by atoms with van der Waals surface area (Å²) in [7, 11) is 0. The van der Waals surface area contributed by atoms with E-state index in [-0.39, 0.29) is 5.91 Å². The van der Waals surface area contributed by atoms with Crippen molar-refractivity contribution in [2.24, 2.45) is 5.10 Å². The number of rotatable bonds is 5. The maximum Gasteiger partial charge on any atom is 0.271 e. The Morgan fingerprint density at radius 1 is 1.00 bits per heavy atom. The van der Waals surface area contributed by atoms with Crippen molar-refractivity contribution < 1.29 is 4.79 Å². The lowest BCUT2D eigenvalue weighted by Gasteiger charge is -2.05. The molecule has 0 aromatic heterocycles. The van der Waals surface area contributed by atoms with E-state index < -0.39 is 0 Å². The van der Waals surface area contributed by atoms with Crippen LogP contribution in [0.4, 0.5) is 0 Å². The molecule has 0 aliphatic heterocycles. The normalized spacial score (nSPS) is 11.2. The highest BCUT2D eigenvalue weighted by atomic mass is 16.2. The molecule has 0 saturated carbocycles. The summed E-state index contributed by atoms with van der Waals surface area (Å²) in [6, 6.07) is 19.2. The van der Waals surface area contributed by atoms with Gasteiger partial charge in [0.2, 0.25) is 0 Å². The molecule has 2 rings (SSSR count). The van der Waals surface area contributed by atoms with E-state index in [0.717, 1.165) is 18.6 Å². The van der Waals surface area contributed by atoms with Gasteiger partial charge in [-0.2, -0.15) is 5.10 Å². The quantitative estimate of drug-likeness (QED) is 0.654. The molecule has 0 aliphatic carbocycles. The molecule has 20 heavy (non-hydrogen) atoms. The fourth-order valence-electron chi connectivity index (χ4n) is 1.86. The third-order valence-corrected chi connectivity index (χ3v) is 3.01. The van der Waals surface area contributed by atoms with Crippen molar-refractivity contribution in [1.82, 2.24) is 5.43 Å². The lowest BCUT2D eigenvalue weighted by atomic mass is 10.1. The summed E-state index contributed by atoms with van der Waals surface area (Å²) in [6.07, 6.45) is 1.57. The second-order valence-corrected chi connectivity index (χ2v) is 4.50. The summed E-state index contributed by atoms with van der Waals surface area (Å²) in [6.45, 7) is 2.04. The van der Waals surface area contributed by atoms with Gasteiger partial charge in [0.15, 0.2) is 0 Å². The number of nitrogens with one attached hydrogen (secondary N) is 1. The first-order valence-corrected chi connectivity index (χ1v) is 6.74. The predicted molar refractivity (Wildman–Crippen MR) is 81.8 cm³/mol. The van der Waals surface area contributed by atoms with Crippen molar-refractivity contribution in [2.75, 3.05) is 0 Å². The zero-order valence-electron chi connectivity index (χ0n) is 11.5. The zero-order chi connectivity index (χ0) is 14.2. The maximum absolute atomic E-state index is 11.9. The monoisotopic (exact) mass is 266 g/mol. The maximum atomic E-state index is 11.9. The van der Waals surface area contributed by atoms with E-state index in [0.29, 0.717) is 5.56 Å². The summed E-state index contributed by atoms with van der Waals surface area (Å²) < 4.78 is 0. The average molecular weight is 266 g/mol. The van der Waals surface area contributed by atoms with Gasteiger partial charge < -0.3 is 0 Å². The Balaban J connectivity index is 1.99. The number of carbonyl (C=O) groups excluding carboxylic acids is 1.